The number of aliphatic hydroxyl groups is 1. The molecule has 1 aliphatic carbocycles. The molecule has 3 heteroatoms. The summed E-state index contributed by atoms with van der Waals surface area (Å²) in [6.07, 6.45) is 5.07. The second kappa shape index (κ2) is 5.68. The van der Waals surface area contributed by atoms with Crippen LogP contribution in [0.2, 0.25) is 0 Å². The Morgan fingerprint density at radius 3 is 2.63 bits per heavy atom. The van der Waals surface area contributed by atoms with E-state index < -0.39 is 5.60 Å². The molecule has 2 N–H and O–H groups in total. The highest BCUT2D eigenvalue weighted by Gasteiger charge is 2.33. The van der Waals surface area contributed by atoms with E-state index in [-0.39, 0.29) is 0 Å². The zero-order chi connectivity index (χ0) is 14.0. The molecule has 0 aromatic carbocycles. The lowest BCUT2D eigenvalue weighted by Gasteiger charge is -2.27. The highest BCUT2D eigenvalue weighted by atomic mass is 16.3. The Morgan fingerprint density at radius 1 is 1.47 bits per heavy atom. The molecule has 1 fully saturated rings. The molecular weight excluding hydrogens is 238 g/mol. The second-order valence-corrected chi connectivity index (χ2v) is 6.21. The molecule has 1 heterocycles. The van der Waals surface area contributed by atoms with Gasteiger partial charge in [-0.1, -0.05) is 13.3 Å². The van der Waals surface area contributed by atoms with E-state index in [1.165, 1.54) is 25.7 Å². The van der Waals surface area contributed by atoms with Gasteiger partial charge in [0.2, 0.25) is 0 Å². The van der Waals surface area contributed by atoms with E-state index in [0.717, 1.165) is 23.0 Å². The lowest BCUT2D eigenvalue weighted by molar-refractivity contribution is 0.0511. The van der Waals surface area contributed by atoms with Crippen LogP contribution in [-0.2, 0) is 5.60 Å². The first-order valence-electron chi connectivity index (χ1n) is 7.47. The van der Waals surface area contributed by atoms with E-state index in [1.54, 1.807) is 0 Å². The minimum atomic E-state index is -0.858. The molecule has 0 amide bonds. The molecule has 1 aromatic heterocycles. The number of hydrogen-bond donors (Lipinski definition) is 2. The van der Waals surface area contributed by atoms with Crippen LogP contribution in [0.25, 0.3) is 0 Å². The summed E-state index contributed by atoms with van der Waals surface area (Å²) in [7, 11) is 0. The quantitative estimate of drug-likeness (QED) is 0.795. The molecule has 0 aliphatic heterocycles. The van der Waals surface area contributed by atoms with Crippen molar-refractivity contribution in [3.8, 4) is 0 Å². The predicted octanol–water partition coefficient (Wildman–Crippen LogP) is 3.27. The molecule has 2 unspecified atom stereocenters. The normalized spacial score (nSPS) is 20.3. The van der Waals surface area contributed by atoms with Gasteiger partial charge < -0.3 is 14.8 Å². The van der Waals surface area contributed by atoms with Crippen LogP contribution in [0.4, 0.5) is 0 Å². The smallest absolute Gasteiger partial charge is 0.107 e. The molecule has 0 spiro atoms. The van der Waals surface area contributed by atoms with Gasteiger partial charge in [0, 0.05) is 18.2 Å². The van der Waals surface area contributed by atoms with Gasteiger partial charge in [-0.05, 0) is 52.0 Å². The summed E-state index contributed by atoms with van der Waals surface area (Å²) in [5, 5.41) is 14.2. The van der Waals surface area contributed by atoms with Gasteiger partial charge in [-0.25, -0.2) is 0 Å². The average molecular weight is 265 g/mol. The van der Waals surface area contributed by atoms with Crippen molar-refractivity contribution >= 4 is 0 Å². The molecule has 0 radical (unpaired) electrons. The predicted molar refractivity (Wildman–Crippen MR) is 77.2 cm³/mol. The maximum Gasteiger partial charge on any atom is 0.107 e. The third-order valence-electron chi connectivity index (χ3n) is 4.12. The van der Waals surface area contributed by atoms with Crippen molar-refractivity contribution in [1.29, 1.82) is 0 Å². The molecule has 3 nitrogen and oxygen atoms in total. The van der Waals surface area contributed by atoms with E-state index in [2.05, 4.69) is 12.2 Å². The van der Waals surface area contributed by atoms with Gasteiger partial charge in [0.15, 0.2) is 0 Å². The summed E-state index contributed by atoms with van der Waals surface area (Å²) < 4.78 is 5.53. The van der Waals surface area contributed by atoms with Crippen LogP contribution in [0.3, 0.4) is 0 Å². The number of hydrogen-bond acceptors (Lipinski definition) is 3. The van der Waals surface area contributed by atoms with E-state index >= 15 is 0 Å². The minimum absolute atomic E-state index is 0.560. The van der Waals surface area contributed by atoms with Crippen molar-refractivity contribution in [2.75, 3.05) is 6.54 Å². The van der Waals surface area contributed by atoms with Crippen LogP contribution in [0.15, 0.2) is 10.5 Å². The van der Waals surface area contributed by atoms with Gasteiger partial charge in [0.1, 0.15) is 17.1 Å². The zero-order valence-corrected chi connectivity index (χ0v) is 12.6. The molecule has 108 valence electrons. The first kappa shape index (κ1) is 14.6. The van der Waals surface area contributed by atoms with E-state index in [0.29, 0.717) is 12.6 Å². The van der Waals surface area contributed by atoms with Crippen LogP contribution in [0.5, 0.6) is 0 Å². The molecular formula is C16H27NO2. The fourth-order valence-corrected chi connectivity index (χ4v) is 2.90. The van der Waals surface area contributed by atoms with E-state index in [4.69, 9.17) is 4.42 Å². The highest BCUT2D eigenvalue weighted by Crippen LogP contribution is 2.35. The van der Waals surface area contributed by atoms with Crippen molar-refractivity contribution in [3.05, 3.63) is 23.2 Å². The summed E-state index contributed by atoms with van der Waals surface area (Å²) in [5.74, 6) is 2.51. The molecule has 19 heavy (non-hydrogen) atoms. The van der Waals surface area contributed by atoms with Crippen molar-refractivity contribution < 1.29 is 9.52 Å². The van der Waals surface area contributed by atoms with Crippen LogP contribution < -0.4 is 5.32 Å². The zero-order valence-electron chi connectivity index (χ0n) is 12.6. The maximum atomic E-state index is 10.7. The summed E-state index contributed by atoms with van der Waals surface area (Å²) in [6.45, 7) is 8.52. The molecule has 1 aliphatic rings. The fourth-order valence-electron chi connectivity index (χ4n) is 2.90. The number of rotatable bonds is 7. The largest absolute Gasteiger partial charge is 0.466 e. The van der Waals surface area contributed by atoms with Crippen LogP contribution >= 0.6 is 0 Å². The van der Waals surface area contributed by atoms with E-state index in [9.17, 15) is 5.11 Å². The SMILES string of the molecule is CCCC(NCC(C)(O)c1cc(C)oc1C)C1CC1. The third kappa shape index (κ3) is 3.61. The summed E-state index contributed by atoms with van der Waals surface area (Å²) in [4.78, 5) is 0. The van der Waals surface area contributed by atoms with Crippen molar-refractivity contribution in [2.24, 2.45) is 5.92 Å². The van der Waals surface area contributed by atoms with Crippen LogP contribution in [0.1, 0.15) is 56.6 Å². The second-order valence-electron chi connectivity index (χ2n) is 6.21. The Labute approximate surface area is 116 Å². The van der Waals surface area contributed by atoms with Gasteiger partial charge in [-0.2, -0.15) is 0 Å². The topological polar surface area (TPSA) is 45.4 Å². The first-order valence-corrected chi connectivity index (χ1v) is 7.47. The fraction of sp³-hybridized carbons (Fsp3) is 0.750. The molecule has 2 atom stereocenters. The van der Waals surface area contributed by atoms with Crippen molar-refractivity contribution in [2.45, 2.75) is 65.0 Å². The Bertz CT molecular complexity index is 418. The Kier molecular flexibility index (Phi) is 4.36. The van der Waals surface area contributed by atoms with Gasteiger partial charge in [0.05, 0.1) is 0 Å². The van der Waals surface area contributed by atoms with Crippen molar-refractivity contribution in [3.63, 3.8) is 0 Å². The minimum Gasteiger partial charge on any atom is -0.466 e. The van der Waals surface area contributed by atoms with Gasteiger partial charge >= 0.3 is 0 Å². The maximum absolute atomic E-state index is 10.7. The summed E-state index contributed by atoms with van der Waals surface area (Å²) >= 11 is 0. The monoisotopic (exact) mass is 265 g/mol. The van der Waals surface area contributed by atoms with Gasteiger partial charge in [0.25, 0.3) is 0 Å². The molecule has 1 aromatic rings. The number of furan rings is 1. The number of nitrogens with one attached hydrogen (secondary N) is 1. The lowest BCUT2D eigenvalue weighted by atomic mass is 9.95. The first-order chi connectivity index (χ1) is 8.94. The Morgan fingerprint density at radius 2 is 2.16 bits per heavy atom. The summed E-state index contributed by atoms with van der Waals surface area (Å²) in [6, 6.07) is 2.51. The van der Waals surface area contributed by atoms with Crippen molar-refractivity contribution in [1.82, 2.24) is 5.32 Å². The van der Waals surface area contributed by atoms with Gasteiger partial charge in [-0.3, -0.25) is 0 Å². The summed E-state index contributed by atoms with van der Waals surface area (Å²) in [5.41, 5.74) is 0.0477. The standard InChI is InChI=1S/C16H27NO2/c1-5-6-15(13-7-8-13)17-10-16(4,18)14-9-11(2)19-12(14)3/h9,13,15,17-18H,5-8,10H2,1-4H3. The highest BCUT2D eigenvalue weighted by molar-refractivity contribution is 5.26. The van der Waals surface area contributed by atoms with Gasteiger partial charge in [-0.15, -0.1) is 0 Å². The lowest BCUT2D eigenvalue weighted by Crippen LogP contribution is -2.42. The molecule has 2 rings (SSSR count). The van der Waals surface area contributed by atoms with Crippen LogP contribution in [0, 0.1) is 19.8 Å². The van der Waals surface area contributed by atoms with Crippen LogP contribution in [-0.4, -0.2) is 17.7 Å². The molecule has 1 saturated carbocycles. The van der Waals surface area contributed by atoms with E-state index in [1.807, 2.05) is 26.8 Å². The number of aryl methyl sites for hydroxylation is 2. The Balaban J connectivity index is 1.98. The molecule has 0 saturated heterocycles. The third-order valence-corrected chi connectivity index (χ3v) is 4.12. The molecule has 0 bridgehead atoms. The average Bonchev–Trinajstić information content (AvgIpc) is 3.10. The Hall–Kier alpha value is -0.800.